The predicted octanol–water partition coefficient (Wildman–Crippen LogP) is 2.70. The third-order valence-electron chi connectivity index (χ3n) is 6.66. The number of nitrogens with one attached hydrogen (secondary N) is 2. The molecule has 0 aromatic rings. The van der Waals surface area contributed by atoms with Crippen molar-refractivity contribution in [2.75, 3.05) is 65.6 Å². The van der Waals surface area contributed by atoms with E-state index in [1.165, 1.54) is 97.1 Å². The van der Waals surface area contributed by atoms with Gasteiger partial charge in [-0.2, -0.15) is 0 Å². The van der Waals surface area contributed by atoms with Crippen molar-refractivity contribution >= 4 is 5.96 Å². The maximum Gasteiger partial charge on any atom is 0.191 e. The highest BCUT2D eigenvalue weighted by Gasteiger charge is 2.24. The van der Waals surface area contributed by atoms with Crippen LogP contribution in [0.2, 0.25) is 0 Å². The molecule has 29 heavy (non-hydrogen) atoms. The first-order chi connectivity index (χ1) is 14.3. The Bertz CT molecular complexity index is 452. The molecule has 0 spiro atoms. The molecule has 0 bridgehead atoms. The molecule has 3 fully saturated rings. The summed E-state index contributed by atoms with van der Waals surface area (Å²) in [6, 6.07) is 0.558. The Kier molecular flexibility index (Phi) is 10.6. The zero-order valence-electron chi connectivity index (χ0n) is 18.8. The van der Waals surface area contributed by atoms with Crippen LogP contribution in [0.1, 0.15) is 64.7 Å². The van der Waals surface area contributed by atoms with Gasteiger partial charge in [0, 0.05) is 45.4 Å². The average Bonchev–Trinajstić information content (AvgIpc) is 3.26. The molecule has 1 unspecified atom stereocenters. The molecule has 0 aromatic carbocycles. The number of ether oxygens (including phenoxy) is 1. The van der Waals surface area contributed by atoms with E-state index in [9.17, 15) is 0 Å². The Balaban J connectivity index is 1.27. The summed E-state index contributed by atoms with van der Waals surface area (Å²) < 4.78 is 5.53. The van der Waals surface area contributed by atoms with Crippen molar-refractivity contribution in [2.24, 2.45) is 10.9 Å². The number of unbranched alkanes of at least 4 members (excludes halogenated alkanes) is 2. The number of hydrogen-bond acceptors (Lipinski definition) is 4. The van der Waals surface area contributed by atoms with Crippen LogP contribution in [0.3, 0.4) is 0 Å². The molecule has 3 heterocycles. The van der Waals surface area contributed by atoms with Crippen LogP contribution in [0.4, 0.5) is 0 Å². The van der Waals surface area contributed by atoms with Crippen LogP contribution in [0.25, 0.3) is 0 Å². The first kappa shape index (κ1) is 22.8. The molecule has 3 aliphatic heterocycles. The Morgan fingerprint density at radius 2 is 1.79 bits per heavy atom. The Morgan fingerprint density at radius 3 is 2.52 bits per heavy atom. The van der Waals surface area contributed by atoms with E-state index in [0.717, 1.165) is 38.2 Å². The number of likely N-dealkylation sites (tertiary alicyclic amines) is 2. The summed E-state index contributed by atoms with van der Waals surface area (Å²) in [5.41, 5.74) is 0. The summed E-state index contributed by atoms with van der Waals surface area (Å²) in [4.78, 5) is 10.1. The minimum absolute atomic E-state index is 0.558. The van der Waals surface area contributed by atoms with E-state index in [1.54, 1.807) is 0 Å². The average molecular weight is 408 g/mol. The number of guanidine groups is 1. The molecule has 0 aromatic heterocycles. The van der Waals surface area contributed by atoms with E-state index >= 15 is 0 Å². The lowest BCUT2D eigenvalue weighted by atomic mass is 10.0. The van der Waals surface area contributed by atoms with Gasteiger partial charge in [0.05, 0.1) is 6.61 Å². The molecule has 0 amide bonds. The first-order valence-corrected chi connectivity index (χ1v) is 12.4. The second-order valence-corrected chi connectivity index (χ2v) is 9.17. The Labute approximate surface area is 178 Å². The van der Waals surface area contributed by atoms with E-state index in [4.69, 9.17) is 9.73 Å². The highest BCUT2D eigenvalue weighted by Crippen LogP contribution is 2.17. The second kappa shape index (κ2) is 13.5. The van der Waals surface area contributed by atoms with Gasteiger partial charge < -0.3 is 25.2 Å². The number of nitrogens with zero attached hydrogens (tertiary/aromatic N) is 3. The van der Waals surface area contributed by atoms with Crippen molar-refractivity contribution < 1.29 is 4.74 Å². The molecule has 168 valence electrons. The molecule has 3 aliphatic rings. The standard InChI is InChI=1S/C23H45N5O/c1-2-24-23(25-12-5-3-6-13-27-14-7-4-8-15-27)26-22-9-16-28(17-10-22)19-21-11-18-29-20-21/h21-22H,2-20H2,1H3,(H2,24,25,26). The zero-order valence-corrected chi connectivity index (χ0v) is 18.8. The van der Waals surface area contributed by atoms with Crippen LogP contribution in [-0.2, 0) is 4.74 Å². The lowest BCUT2D eigenvalue weighted by Crippen LogP contribution is -2.49. The normalized spacial score (nSPS) is 25.4. The largest absolute Gasteiger partial charge is 0.381 e. The number of hydrogen-bond donors (Lipinski definition) is 2. The molecule has 6 nitrogen and oxygen atoms in total. The van der Waals surface area contributed by atoms with Crippen LogP contribution in [0.15, 0.2) is 4.99 Å². The van der Waals surface area contributed by atoms with Crippen molar-refractivity contribution in [1.82, 2.24) is 20.4 Å². The molecule has 1 atom stereocenters. The Hall–Kier alpha value is -0.850. The van der Waals surface area contributed by atoms with Gasteiger partial charge in [0.15, 0.2) is 5.96 Å². The minimum Gasteiger partial charge on any atom is -0.381 e. The lowest BCUT2D eigenvalue weighted by molar-refractivity contribution is 0.150. The lowest BCUT2D eigenvalue weighted by Gasteiger charge is -2.34. The fraction of sp³-hybridized carbons (Fsp3) is 0.957. The second-order valence-electron chi connectivity index (χ2n) is 9.17. The minimum atomic E-state index is 0.558. The smallest absolute Gasteiger partial charge is 0.191 e. The summed E-state index contributed by atoms with van der Waals surface area (Å²) in [5, 5.41) is 7.14. The molecule has 0 radical (unpaired) electrons. The molecule has 2 N–H and O–H groups in total. The summed E-state index contributed by atoms with van der Waals surface area (Å²) in [6.07, 6.45) is 11.7. The highest BCUT2D eigenvalue weighted by molar-refractivity contribution is 5.80. The van der Waals surface area contributed by atoms with Crippen LogP contribution >= 0.6 is 0 Å². The monoisotopic (exact) mass is 407 g/mol. The molecular formula is C23H45N5O. The van der Waals surface area contributed by atoms with Gasteiger partial charge in [-0.25, -0.2) is 0 Å². The molecular weight excluding hydrogens is 362 g/mol. The van der Waals surface area contributed by atoms with Crippen LogP contribution in [0, 0.1) is 5.92 Å². The summed E-state index contributed by atoms with van der Waals surface area (Å²) in [5.74, 6) is 1.78. The molecule has 0 aliphatic carbocycles. The van der Waals surface area contributed by atoms with E-state index in [-0.39, 0.29) is 0 Å². The van der Waals surface area contributed by atoms with Gasteiger partial charge in [-0.1, -0.05) is 12.8 Å². The molecule has 0 saturated carbocycles. The van der Waals surface area contributed by atoms with Crippen molar-refractivity contribution in [3.05, 3.63) is 0 Å². The van der Waals surface area contributed by atoms with Crippen LogP contribution in [-0.4, -0.2) is 87.4 Å². The quantitative estimate of drug-likeness (QED) is 0.331. The SMILES string of the molecule is CCNC(=NCCCCCN1CCCCC1)NC1CCN(CC2CCOC2)CC1. The van der Waals surface area contributed by atoms with Crippen molar-refractivity contribution in [3.63, 3.8) is 0 Å². The maximum atomic E-state index is 5.53. The highest BCUT2D eigenvalue weighted by atomic mass is 16.5. The fourth-order valence-corrected chi connectivity index (χ4v) is 4.86. The Morgan fingerprint density at radius 1 is 0.966 bits per heavy atom. The van der Waals surface area contributed by atoms with Crippen LogP contribution < -0.4 is 10.6 Å². The van der Waals surface area contributed by atoms with E-state index in [0.29, 0.717) is 6.04 Å². The van der Waals surface area contributed by atoms with E-state index < -0.39 is 0 Å². The zero-order chi connectivity index (χ0) is 20.2. The van der Waals surface area contributed by atoms with Crippen molar-refractivity contribution in [2.45, 2.75) is 70.8 Å². The summed E-state index contributed by atoms with van der Waals surface area (Å²) >= 11 is 0. The summed E-state index contributed by atoms with van der Waals surface area (Å²) in [6.45, 7) is 13.5. The van der Waals surface area contributed by atoms with E-state index in [2.05, 4.69) is 27.4 Å². The van der Waals surface area contributed by atoms with Gasteiger partial charge in [-0.05, 0) is 77.4 Å². The van der Waals surface area contributed by atoms with Crippen LogP contribution in [0.5, 0.6) is 0 Å². The van der Waals surface area contributed by atoms with Gasteiger partial charge >= 0.3 is 0 Å². The van der Waals surface area contributed by atoms with Gasteiger partial charge in [0.25, 0.3) is 0 Å². The predicted molar refractivity (Wildman–Crippen MR) is 122 cm³/mol. The van der Waals surface area contributed by atoms with Gasteiger partial charge in [-0.15, -0.1) is 0 Å². The third kappa shape index (κ3) is 8.81. The molecule has 3 rings (SSSR count). The maximum absolute atomic E-state index is 5.53. The van der Waals surface area contributed by atoms with Crippen molar-refractivity contribution in [3.8, 4) is 0 Å². The van der Waals surface area contributed by atoms with E-state index in [1.807, 2.05) is 0 Å². The third-order valence-corrected chi connectivity index (χ3v) is 6.66. The van der Waals surface area contributed by atoms with Crippen molar-refractivity contribution in [1.29, 1.82) is 0 Å². The summed E-state index contributed by atoms with van der Waals surface area (Å²) in [7, 11) is 0. The fourth-order valence-electron chi connectivity index (χ4n) is 4.86. The number of piperidine rings is 2. The van der Waals surface area contributed by atoms with Gasteiger partial charge in [-0.3, -0.25) is 4.99 Å². The topological polar surface area (TPSA) is 52.1 Å². The molecule has 6 heteroatoms. The van der Waals surface area contributed by atoms with Gasteiger partial charge in [0.1, 0.15) is 0 Å². The number of rotatable bonds is 10. The molecule has 3 saturated heterocycles. The first-order valence-electron chi connectivity index (χ1n) is 12.4. The van der Waals surface area contributed by atoms with Gasteiger partial charge in [0.2, 0.25) is 0 Å². The number of aliphatic imine (C=N–C) groups is 1.